The van der Waals surface area contributed by atoms with Crippen LogP contribution in [0.2, 0.25) is 0 Å². The molecule has 0 spiro atoms. The van der Waals surface area contributed by atoms with Crippen molar-refractivity contribution in [1.29, 1.82) is 0 Å². The lowest BCUT2D eigenvalue weighted by Crippen LogP contribution is -2.56. The summed E-state index contributed by atoms with van der Waals surface area (Å²) in [6.45, 7) is 5.81. The number of hydrogen-bond acceptors (Lipinski definition) is 4. The van der Waals surface area contributed by atoms with E-state index in [4.69, 9.17) is 13.9 Å². The van der Waals surface area contributed by atoms with Crippen LogP contribution in [0.15, 0.2) is 22.8 Å². The molecule has 4 nitrogen and oxygen atoms in total. The number of likely N-dealkylation sites (tertiary alicyclic amines) is 1. The van der Waals surface area contributed by atoms with Gasteiger partial charge in [-0.15, -0.1) is 0 Å². The van der Waals surface area contributed by atoms with E-state index in [9.17, 15) is 0 Å². The van der Waals surface area contributed by atoms with Gasteiger partial charge in [-0.2, -0.15) is 0 Å². The predicted octanol–water partition coefficient (Wildman–Crippen LogP) is 3.08. The van der Waals surface area contributed by atoms with Gasteiger partial charge in [-0.3, -0.25) is 4.90 Å². The summed E-state index contributed by atoms with van der Waals surface area (Å²) >= 11 is 0. The summed E-state index contributed by atoms with van der Waals surface area (Å²) in [7, 11) is 0. The molecule has 0 amide bonds. The van der Waals surface area contributed by atoms with Crippen molar-refractivity contribution < 1.29 is 13.9 Å². The molecule has 3 heterocycles. The van der Waals surface area contributed by atoms with Crippen LogP contribution >= 0.6 is 0 Å². The molecule has 1 saturated carbocycles. The normalized spacial score (nSPS) is 32.8. The minimum absolute atomic E-state index is 0.192. The molecule has 2 atom stereocenters. The maximum absolute atomic E-state index is 6.11. The molecule has 22 heavy (non-hydrogen) atoms. The molecule has 1 aromatic rings. The van der Waals surface area contributed by atoms with Crippen LogP contribution in [-0.2, 0) is 16.0 Å². The van der Waals surface area contributed by atoms with Crippen molar-refractivity contribution in [3.63, 3.8) is 0 Å². The van der Waals surface area contributed by atoms with Gasteiger partial charge in [0.2, 0.25) is 0 Å². The molecule has 4 heteroatoms. The van der Waals surface area contributed by atoms with E-state index < -0.39 is 0 Å². The average Bonchev–Trinajstić information content (AvgIpc) is 3.22. The SMILES string of the molecule is c1coc(CN2CC[C@@H]3OCCC[C@]3(COCC3CC3)C2)c1. The highest BCUT2D eigenvalue weighted by Gasteiger charge is 2.46. The zero-order valence-electron chi connectivity index (χ0n) is 13.3. The van der Waals surface area contributed by atoms with Gasteiger partial charge in [0.1, 0.15) is 5.76 Å². The van der Waals surface area contributed by atoms with Crippen LogP contribution in [0.4, 0.5) is 0 Å². The summed E-state index contributed by atoms with van der Waals surface area (Å²) < 4.78 is 17.7. The third kappa shape index (κ3) is 3.24. The first-order valence-electron chi connectivity index (χ1n) is 8.78. The number of hydrogen-bond donors (Lipinski definition) is 0. The third-order valence-electron chi connectivity index (χ3n) is 5.47. The molecule has 0 aromatic carbocycles. The molecular formula is C18H27NO3. The van der Waals surface area contributed by atoms with Gasteiger partial charge in [-0.05, 0) is 50.2 Å². The second-order valence-electron chi connectivity index (χ2n) is 7.36. The lowest BCUT2D eigenvalue weighted by atomic mass is 9.73. The summed E-state index contributed by atoms with van der Waals surface area (Å²) in [5.41, 5.74) is 0.192. The lowest BCUT2D eigenvalue weighted by Gasteiger charge is -2.50. The number of fused-ring (bicyclic) bond motifs is 1. The Kier molecular flexibility index (Phi) is 4.25. The predicted molar refractivity (Wildman–Crippen MR) is 83.6 cm³/mol. The van der Waals surface area contributed by atoms with Gasteiger partial charge in [0.15, 0.2) is 0 Å². The monoisotopic (exact) mass is 305 g/mol. The number of nitrogens with zero attached hydrogens (tertiary/aromatic N) is 1. The first kappa shape index (κ1) is 14.7. The van der Waals surface area contributed by atoms with Crippen molar-refractivity contribution in [2.24, 2.45) is 11.3 Å². The Labute approximate surface area is 132 Å². The van der Waals surface area contributed by atoms with E-state index in [1.54, 1.807) is 6.26 Å². The topological polar surface area (TPSA) is 34.8 Å². The van der Waals surface area contributed by atoms with Crippen molar-refractivity contribution in [3.05, 3.63) is 24.2 Å². The first-order valence-corrected chi connectivity index (χ1v) is 8.78. The lowest BCUT2D eigenvalue weighted by molar-refractivity contribution is -0.155. The number of furan rings is 1. The van der Waals surface area contributed by atoms with Crippen LogP contribution in [0.5, 0.6) is 0 Å². The number of ether oxygens (including phenoxy) is 2. The van der Waals surface area contributed by atoms with Crippen LogP contribution < -0.4 is 0 Å². The molecule has 1 aliphatic carbocycles. The second kappa shape index (κ2) is 6.34. The minimum atomic E-state index is 0.192. The Balaban J connectivity index is 1.40. The molecule has 3 aliphatic rings. The van der Waals surface area contributed by atoms with Crippen LogP contribution in [0.1, 0.15) is 37.9 Å². The number of piperidine rings is 1. The van der Waals surface area contributed by atoms with Gasteiger partial charge in [0.25, 0.3) is 0 Å². The maximum Gasteiger partial charge on any atom is 0.117 e. The molecule has 2 saturated heterocycles. The average molecular weight is 305 g/mol. The summed E-state index contributed by atoms with van der Waals surface area (Å²) in [5.74, 6) is 1.89. The van der Waals surface area contributed by atoms with E-state index in [0.29, 0.717) is 6.10 Å². The zero-order chi connectivity index (χ0) is 14.8. The quantitative estimate of drug-likeness (QED) is 0.809. The zero-order valence-corrected chi connectivity index (χ0v) is 13.3. The van der Waals surface area contributed by atoms with E-state index in [-0.39, 0.29) is 5.41 Å². The van der Waals surface area contributed by atoms with E-state index in [2.05, 4.69) is 11.0 Å². The molecule has 2 aliphatic heterocycles. The highest BCUT2D eigenvalue weighted by Crippen LogP contribution is 2.41. The van der Waals surface area contributed by atoms with Gasteiger partial charge < -0.3 is 13.9 Å². The van der Waals surface area contributed by atoms with Crippen LogP contribution in [0, 0.1) is 11.3 Å². The Bertz CT molecular complexity index is 471. The van der Waals surface area contributed by atoms with E-state index in [1.165, 1.54) is 19.3 Å². The third-order valence-corrected chi connectivity index (χ3v) is 5.47. The Morgan fingerprint density at radius 1 is 1.32 bits per heavy atom. The summed E-state index contributed by atoms with van der Waals surface area (Å²) in [6, 6.07) is 4.04. The molecule has 0 radical (unpaired) electrons. The fraction of sp³-hybridized carbons (Fsp3) is 0.778. The van der Waals surface area contributed by atoms with Crippen molar-refractivity contribution in [2.45, 2.75) is 44.8 Å². The Hall–Kier alpha value is -0.840. The smallest absolute Gasteiger partial charge is 0.117 e. The molecule has 0 bridgehead atoms. The Morgan fingerprint density at radius 2 is 2.27 bits per heavy atom. The number of rotatable bonds is 6. The highest BCUT2D eigenvalue weighted by atomic mass is 16.5. The highest BCUT2D eigenvalue weighted by molar-refractivity contribution is 5.01. The molecule has 3 fully saturated rings. The van der Waals surface area contributed by atoms with Gasteiger partial charge in [0.05, 0.1) is 25.5 Å². The molecule has 4 rings (SSSR count). The molecule has 122 valence electrons. The van der Waals surface area contributed by atoms with Gasteiger partial charge in [0, 0.05) is 31.7 Å². The second-order valence-corrected chi connectivity index (χ2v) is 7.36. The van der Waals surface area contributed by atoms with E-state index in [1.807, 2.05) is 6.07 Å². The van der Waals surface area contributed by atoms with Crippen LogP contribution in [0.3, 0.4) is 0 Å². The first-order chi connectivity index (χ1) is 10.8. The standard InChI is InChI=1S/C18H27NO3/c1-3-16(21-9-1)11-19-8-6-17-18(13-19,7-2-10-22-17)14-20-12-15-4-5-15/h1,3,9,15,17H,2,4-8,10-14H2/t17-,18+/m0/s1. The molecule has 0 N–H and O–H groups in total. The van der Waals surface area contributed by atoms with Gasteiger partial charge in [-0.25, -0.2) is 0 Å². The fourth-order valence-electron chi connectivity index (χ4n) is 4.06. The largest absolute Gasteiger partial charge is 0.468 e. The van der Waals surface area contributed by atoms with E-state index >= 15 is 0 Å². The van der Waals surface area contributed by atoms with Crippen molar-refractivity contribution in [1.82, 2.24) is 4.90 Å². The minimum Gasteiger partial charge on any atom is -0.468 e. The van der Waals surface area contributed by atoms with Gasteiger partial charge in [-0.1, -0.05) is 0 Å². The van der Waals surface area contributed by atoms with Crippen molar-refractivity contribution in [2.75, 3.05) is 32.9 Å². The summed E-state index contributed by atoms with van der Waals surface area (Å²) in [4.78, 5) is 2.52. The Morgan fingerprint density at radius 3 is 3.09 bits per heavy atom. The van der Waals surface area contributed by atoms with Gasteiger partial charge >= 0.3 is 0 Å². The summed E-state index contributed by atoms with van der Waals surface area (Å²) in [5, 5.41) is 0. The summed E-state index contributed by atoms with van der Waals surface area (Å²) in [6.07, 6.45) is 8.38. The molecule has 1 aromatic heterocycles. The molecule has 0 unspecified atom stereocenters. The maximum atomic E-state index is 6.11. The van der Waals surface area contributed by atoms with E-state index in [0.717, 1.165) is 64.0 Å². The molecular weight excluding hydrogens is 278 g/mol. The van der Waals surface area contributed by atoms with Crippen LogP contribution in [0.25, 0.3) is 0 Å². The van der Waals surface area contributed by atoms with Crippen molar-refractivity contribution in [3.8, 4) is 0 Å². The van der Waals surface area contributed by atoms with Crippen LogP contribution in [-0.4, -0.2) is 43.9 Å². The van der Waals surface area contributed by atoms with Crippen molar-refractivity contribution >= 4 is 0 Å². The fourth-order valence-corrected chi connectivity index (χ4v) is 4.06.